The number of benzene rings is 2. The highest BCUT2D eigenvalue weighted by atomic mass is 35.5. The molecule has 0 N–H and O–H groups in total. The predicted molar refractivity (Wildman–Crippen MR) is 79.2 cm³/mol. The molecule has 21 heavy (non-hydrogen) atoms. The van der Waals surface area contributed by atoms with Gasteiger partial charge in [0.25, 0.3) is 0 Å². The van der Waals surface area contributed by atoms with Crippen LogP contribution in [0.15, 0.2) is 47.4 Å². The lowest BCUT2D eigenvalue weighted by molar-refractivity contribution is 0.548. The number of sulfonamides is 1. The summed E-state index contributed by atoms with van der Waals surface area (Å²) in [5.41, 5.74) is 1.23. The van der Waals surface area contributed by atoms with Gasteiger partial charge in [-0.2, -0.15) is 4.31 Å². The minimum atomic E-state index is -3.61. The minimum absolute atomic E-state index is 0.211. The van der Waals surface area contributed by atoms with E-state index >= 15 is 0 Å². The van der Waals surface area contributed by atoms with Crippen molar-refractivity contribution < 1.29 is 12.8 Å². The lowest BCUT2D eigenvalue weighted by Gasteiger charge is -2.08. The molecule has 1 aliphatic heterocycles. The molecule has 110 valence electrons. The maximum Gasteiger partial charge on any atom is 0.243 e. The van der Waals surface area contributed by atoms with Gasteiger partial charge >= 0.3 is 0 Å². The van der Waals surface area contributed by atoms with Gasteiger partial charge in [-0.05, 0) is 31.2 Å². The van der Waals surface area contributed by atoms with Crippen LogP contribution in [0, 0.1) is 12.7 Å². The van der Waals surface area contributed by atoms with E-state index in [-0.39, 0.29) is 22.0 Å². The normalized spacial score (nSPS) is 21.3. The van der Waals surface area contributed by atoms with Gasteiger partial charge in [-0.3, -0.25) is 0 Å². The zero-order valence-electron chi connectivity index (χ0n) is 11.3. The fraction of sp³-hybridized carbons (Fsp3) is 0.200. The number of rotatable bonds is 3. The predicted octanol–water partition coefficient (Wildman–Crippen LogP) is 3.53. The maximum absolute atomic E-state index is 13.9. The summed E-state index contributed by atoms with van der Waals surface area (Å²) >= 11 is 5.99. The SMILES string of the molecule is Cc1ccc(S(=O)(=O)N2CC2c2c(F)cccc2Cl)cc1. The van der Waals surface area contributed by atoms with E-state index in [0.29, 0.717) is 0 Å². The van der Waals surface area contributed by atoms with Crippen molar-refractivity contribution in [3.8, 4) is 0 Å². The molecule has 3 nitrogen and oxygen atoms in total. The van der Waals surface area contributed by atoms with Crippen LogP contribution in [0.4, 0.5) is 4.39 Å². The molecule has 2 aromatic rings. The van der Waals surface area contributed by atoms with E-state index in [1.165, 1.54) is 16.4 Å². The van der Waals surface area contributed by atoms with E-state index in [9.17, 15) is 12.8 Å². The second-order valence-electron chi connectivity index (χ2n) is 5.04. The second kappa shape index (κ2) is 5.09. The topological polar surface area (TPSA) is 37.1 Å². The molecule has 1 saturated heterocycles. The lowest BCUT2D eigenvalue weighted by atomic mass is 10.1. The van der Waals surface area contributed by atoms with Crippen molar-refractivity contribution in [2.75, 3.05) is 6.54 Å². The van der Waals surface area contributed by atoms with E-state index in [2.05, 4.69) is 0 Å². The Hall–Kier alpha value is -1.43. The Bertz CT molecular complexity index is 770. The molecule has 0 bridgehead atoms. The molecule has 0 aliphatic carbocycles. The number of hydrogen-bond donors (Lipinski definition) is 0. The first kappa shape index (κ1) is 14.5. The van der Waals surface area contributed by atoms with Gasteiger partial charge in [-0.1, -0.05) is 35.4 Å². The van der Waals surface area contributed by atoms with Crippen LogP contribution in [-0.2, 0) is 10.0 Å². The zero-order chi connectivity index (χ0) is 15.2. The maximum atomic E-state index is 13.9. The number of halogens is 2. The number of aryl methyl sites for hydroxylation is 1. The first-order chi connectivity index (χ1) is 9.91. The standard InChI is InChI=1S/C15H13ClFNO2S/c1-10-5-7-11(8-6-10)21(19,20)18-9-14(18)15-12(16)3-2-4-13(15)17/h2-8,14H,9H2,1H3. The quantitative estimate of drug-likeness (QED) is 0.809. The van der Waals surface area contributed by atoms with Gasteiger partial charge in [0.1, 0.15) is 5.82 Å². The van der Waals surface area contributed by atoms with Crippen LogP contribution < -0.4 is 0 Å². The van der Waals surface area contributed by atoms with Gasteiger partial charge in [0, 0.05) is 17.1 Å². The molecule has 2 atom stereocenters. The Morgan fingerprint density at radius 2 is 1.86 bits per heavy atom. The van der Waals surface area contributed by atoms with Crippen LogP contribution in [0.5, 0.6) is 0 Å². The van der Waals surface area contributed by atoms with Crippen molar-refractivity contribution in [3.63, 3.8) is 0 Å². The summed E-state index contributed by atoms with van der Waals surface area (Å²) < 4.78 is 40.0. The second-order valence-corrected chi connectivity index (χ2v) is 7.34. The summed E-state index contributed by atoms with van der Waals surface area (Å²) in [6.07, 6.45) is 0. The van der Waals surface area contributed by atoms with Gasteiger partial charge in [0.2, 0.25) is 10.0 Å². The summed E-state index contributed by atoms with van der Waals surface area (Å²) in [5.74, 6) is -0.478. The van der Waals surface area contributed by atoms with Crippen molar-refractivity contribution in [2.45, 2.75) is 17.9 Å². The number of hydrogen-bond acceptors (Lipinski definition) is 2. The first-order valence-electron chi connectivity index (χ1n) is 6.43. The Morgan fingerprint density at radius 1 is 1.19 bits per heavy atom. The third-order valence-electron chi connectivity index (χ3n) is 3.53. The molecule has 0 saturated carbocycles. The average molecular weight is 326 g/mol. The zero-order valence-corrected chi connectivity index (χ0v) is 12.8. The molecule has 1 fully saturated rings. The van der Waals surface area contributed by atoms with E-state index < -0.39 is 21.9 Å². The van der Waals surface area contributed by atoms with E-state index in [1.54, 1.807) is 30.3 Å². The monoisotopic (exact) mass is 325 g/mol. The third kappa shape index (κ3) is 2.57. The Kier molecular flexibility index (Phi) is 3.51. The molecule has 0 aromatic heterocycles. The molecule has 6 heteroatoms. The van der Waals surface area contributed by atoms with Gasteiger partial charge in [0.05, 0.1) is 10.9 Å². The molecular formula is C15H13ClFNO2S. The Morgan fingerprint density at radius 3 is 2.48 bits per heavy atom. The van der Waals surface area contributed by atoms with Crippen LogP contribution in [0.3, 0.4) is 0 Å². The summed E-state index contributed by atoms with van der Waals surface area (Å²) in [4.78, 5) is 0.211. The van der Waals surface area contributed by atoms with Crippen molar-refractivity contribution in [1.29, 1.82) is 0 Å². The fourth-order valence-corrected chi connectivity index (χ4v) is 4.12. The molecule has 1 heterocycles. The number of nitrogens with zero attached hydrogens (tertiary/aromatic N) is 1. The molecule has 0 amide bonds. The van der Waals surface area contributed by atoms with Crippen molar-refractivity contribution in [1.82, 2.24) is 4.31 Å². The Balaban J connectivity index is 1.92. The van der Waals surface area contributed by atoms with Gasteiger partial charge in [-0.25, -0.2) is 12.8 Å². The van der Waals surface area contributed by atoms with Crippen LogP contribution >= 0.6 is 11.6 Å². The van der Waals surface area contributed by atoms with E-state index in [1.807, 2.05) is 6.92 Å². The van der Waals surface area contributed by atoms with Crippen LogP contribution in [0.25, 0.3) is 0 Å². The highest BCUT2D eigenvalue weighted by Gasteiger charge is 2.47. The van der Waals surface area contributed by atoms with Gasteiger partial charge in [-0.15, -0.1) is 0 Å². The highest BCUT2D eigenvalue weighted by Crippen LogP contribution is 2.43. The average Bonchev–Trinajstić information content (AvgIpc) is 3.20. The van der Waals surface area contributed by atoms with Crippen LogP contribution in [-0.4, -0.2) is 19.3 Å². The summed E-state index contributed by atoms with van der Waals surface area (Å²) in [5, 5.41) is 0.251. The van der Waals surface area contributed by atoms with E-state index in [0.717, 1.165) is 5.56 Å². The van der Waals surface area contributed by atoms with E-state index in [4.69, 9.17) is 11.6 Å². The first-order valence-corrected chi connectivity index (χ1v) is 8.25. The molecule has 2 aromatic carbocycles. The van der Waals surface area contributed by atoms with Crippen LogP contribution in [0.1, 0.15) is 17.2 Å². The molecule has 0 spiro atoms. The van der Waals surface area contributed by atoms with Gasteiger partial charge in [0.15, 0.2) is 0 Å². The molecule has 1 aliphatic rings. The summed E-state index contributed by atoms with van der Waals surface area (Å²) in [6, 6.07) is 10.4. The van der Waals surface area contributed by atoms with Crippen molar-refractivity contribution in [3.05, 3.63) is 64.4 Å². The molecule has 2 unspecified atom stereocenters. The van der Waals surface area contributed by atoms with Crippen LogP contribution in [0.2, 0.25) is 5.02 Å². The van der Waals surface area contributed by atoms with Crippen molar-refractivity contribution in [2.24, 2.45) is 0 Å². The largest absolute Gasteiger partial charge is 0.243 e. The van der Waals surface area contributed by atoms with Crippen molar-refractivity contribution >= 4 is 21.6 Å². The minimum Gasteiger partial charge on any atom is -0.207 e. The highest BCUT2D eigenvalue weighted by molar-refractivity contribution is 7.89. The summed E-state index contributed by atoms with van der Waals surface area (Å²) in [6.45, 7) is 2.13. The molecule has 0 radical (unpaired) electrons. The molecule has 3 rings (SSSR count). The van der Waals surface area contributed by atoms with Gasteiger partial charge < -0.3 is 0 Å². The third-order valence-corrected chi connectivity index (χ3v) is 5.75. The smallest absolute Gasteiger partial charge is 0.207 e. The fourth-order valence-electron chi connectivity index (χ4n) is 2.30. The Labute approximate surface area is 128 Å². The lowest BCUT2D eigenvalue weighted by Crippen LogP contribution is -2.13. The molecular weight excluding hydrogens is 313 g/mol. The summed E-state index contributed by atoms with van der Waals surface area (Å²) in [7, 11) is -3.61.